The Kier molecular flexibility index (Phi) is 27.8. The summed E-state index contributed by atoms with van der Waals surface area (Å²) in [5, 5.41) is 110. The van der Waals surface area contributed by atoms with Gasteiger partial charge in [0.2, 0.25) is 0 Å². The maximum atomic E-state index is 13.6. The molecule has 0 radical (unpaired) electrons. The number of carbonyl (C=O) groups excluding carboxylic acids is 1. The molecule has 0 aromatic carbocycles. The van der Waals surface area contributed by atoms with E-state index in [1.807, 2.05) is 0 Å². The van der Waals surface area contributed by atoms with Crippen LogP contribution in [-0.4, -0.2) is 183 Å². The molecule has 1 aliphatic heterocycles. The first-order valence-electron chi connectivity index (χ1n) is 17.3. The van der Waals surface area contributed by atoms with Crippen LogP contribution in [0.1, 0.15) is 71.6 Å². The van der Waals surface area contributed by atoms with Gasteiger partial charge in [-0.3, -0.25) is 4.79 Å². The number of amides is 1. The van der Waals surface area contributed by atoms with Crippen molar-refractivity contribution < 1.29 is 79.9 Å². The zero-order valence-corrected chi connectivity index (χ0v) is 29.1. The largest absolute Gasteiger partial charge is 0.394 e. The SMILES string of the molecule is CC(O)CO.CCCCCCCC(CCCCOCCOCCOCCO)[C@](O)(C(=O)NC1O[C@H](CO)[C@@H](O)[C@H](O)[C@H]1O)[C@H](O)[C@H](O)CO. The zero-order chi connectivity index (χ0) is 37.2. The predicted octanol–water partition coefficient (Wildman–Crippen LogP) is -3.10. The quantitative estimate of drug-likeness (QED) is 0.0374. The van der Waals surface area contributed by atoms with Crippen LogP contribution >= 0.6 is 0 Å². The van der Waals surface area contributed by atoms with E-state index < -0.39 is 79.6 Å². The molecule has 0 aromatic rings. The van der Waals surface area contributed by atoms with Gasteiger partial charge in [-0.05, 0) is 32.1 Å². The number of nitrogens with one attached hydrogen (secondary N) is 1. The Morgan fingerprint density at radius 2 is 1.29 bits per heavy atom. The summed E-state index contributed by atoms with van der Waals surface area (Å²) in [5.41, 5.74) is -2.64. The number of aliphatic hydroxyl groups excluding tert-OH is 10. The lowest BCUT2D eigenvalue weighted by molar-refractivity contribution is -0.240. The topological polar surface area (TPSA) is 289 Å². The van der Waals surface area contributed by atoms with E-state index in [9.17, 15) is 45.6 Å². The normalized spacial score (nSPS) is 24.6. The first-order chi connectivity index (χ1) is 23.4. The maximum absolute atomic E-state index is 13.6. The smallest absolute Gasteiger partial charge is 0.257 e. The molecule has 1 rings (SSSR count). The second-order valence-electron chi connectivity index (χ2n) is 12.2. The molecule has 1 saturated heterocycles. The highest BCUT2D eigenvalue weighted by atomic mass is 16.6. The Bertz CT molecular complexity index is 796. The van der Waals surface area contributed by atoms with Gasteiger partial charge in [-0.15, -0.1) is 0 Å². The van der Waals surface area contributed by atoms with Gasteiger partial charge >= 0.3 is 0 Å². The number of hydrogen-bond donors (Lipinski definition) is 12. The third kappa shape index (κ3) is 18.3. The van der Waals surface area contributed by atoms with E-state index in [0.717, 1.165) is 25.7 Å². The van der Waals surface area contributed by atoms with Crippen molar-refractivity contribution >= 4 is 5.91 Å². The first-order valence-corrected chi connectivity index (χ1v) is 17.3. The van der Waals surface area contributed by atoms with Crippen LogP contribution in [0.2, 0.25) is 0 Å². The molecule has 1 amide bonds. The van der Waals surface area contributed by atoms with Gasteiger partial charge in [0.15, 0.2) is 11.8 Å². The Hall–Kier alpha value is -1.13. The molecule has 0 aromatic heterocycles. The molecule has 0 bridgehead atoms. The maximum Gasteiger partial charge on any atom is 0.257 e. The molecule has 10 atom stereocenters. The van der Waals surface area contributed by atoms with E-state index >= 15 is 0 Å². The van der Waals surface area contributed by atoms with Gasteiger partial charge in [0, 0.05) is 6.61 Å². The number of carbonyl (C=O) groups is 1. The third-order valence-electron chi connectivity index (χ3n) is 8.15. The van der Waals surface area contributed by atoms with Gasteiger partial charge in [0.25, 0.3) is 5.91 Å². The number of rotatable bonds is 27. The van der Waals surface area contributed by atoms with Gasteiger partial charge in [-0.25, -0.2) is 0 Å². The first kappa shape index (κ1) is 47.9. The average molecular weight is 720 g/mol. The Balaban J connectivity index is 0.00000427. The van der Waals surface area contributed by atoms with Crippen LogP contribution in [0, 0.1) is 5.92 Å². The predicted molar refractivity (Wildman–Crippen MR) is 175 cm³/mol. The number of aliphatic hydroxyl groups is 11. The van der Waals surface area contributed by atoms with Crippen molar-refractivity contribution in [2.45, 2.75) is 126 Å². The number of unbranched alkanes of at least 4 members (excludes halogenated alkanes) is 5. The Morgan fingerprint density at radius 3 is 1.80 bits per heavy atom. The molecular weight excluding hydrogens is 654 g/mol. The van der Waals surface area contributed by atoms with Crippen LogP contribution in [0.3, 0.4) is 0 Å². The highest BCUT2D eigenvalue weighted by Crippen LogP contribution is 2.34. The molecule has 17 nitrogen and oxygen atoms in total. The summed E-state index contributed by atoms with van der Waals surface area (Å²) in [5.74, 6) is -2.11. The van der Waals surface area contributed by atoms with Crippen LogP contribution in [-0.2, 0) is 23.7 Å². The van der Waals surface area contributed by atoms with Gasteiger partial charge < -0.3 is 80.4 Å². The van der Waals surface area contributed by atoms with E-state index in [1.54, 1.807) is 0 Å². The monoisotopic (exact) mass is 719 g/mol. The van der Waals surface area contributed by atoms with Crippen LogP contribution in [0.25, 0.3) is 0 Å². The van der Waals surface area contributed by atoms with Crippen molar-refractivity contribution in [2.24, 2.45) is 5.92 Å². The van der Waals surface area contributed by atoms with Crippen LogP contribution in [0.5, 0.6) is 0 Å². The molecule has 0 aliphatic carbocycles. The van der Waals surface area contributed by atoms with Crippen molar-refractivity contribution in [1.29, 1.82) is 0 Å². The summed E-state index contributed by atoms with van der Waals surface area (Å²) in [6, 6.07) is 0. The minimum absolute atomic E-state index is 0.0515. The summed E-state index contributed by atoms with van der Waals surface area (Å²) < 4.78 is 21.4. The number of ether oxygens (including phenoxy) is 4. The number of hydrogen-bond acceptors (Lipinski definition) is 16. The van der Waals surface area contributed by atoms with Gasteiger partial charge in [-0.1, -0.05) is 45.4 Å². The fourth-order valence-electron chi connectivity index (χ4n) is 5.20. The molecule has 17 heteroatoms. The van der Waals surface area contributed by atoms with E-state index in [2.05, 4.69) is 12.2 Å². The lowest BCUT2D eigenvalue weighted by Crippen LogP contribution is -2.69. The van der Waals surface area contributed by atoms with E-state index in [0.29, 0.717) is 58.7 Å². The summed E-state index contributed by atoms with van der Waals surface area (Å²) in [4.78, 5) is 13.6. The minimum Gasteiger partial charge on any atom is -0.394 e. The Morgan fingerprint density at radius 1 is 0.755 bits per heavy atom. The molecule has 0 saturated carbocycles. The lowest BCUT2D eigenvalue weighted by Gasteiger charge is -2.44. The highest BCUT2D eigenvalue weighted by Gasteiger charge is 2.53. The molecule has 49 heavy (non-hydrogen) atoms. The van der Waals surface area contributed by atoms with Crippen LogP contribution in [0.4, 0.5) is 0 Å². The molecule has 294 valence electrons. The van der Waals surface area contributed by atoms with E-state index in [4.69, 9.17) is 34.3 Å². The van der Waals surface area contributed by atoms with Gasteiger partial charge in [0.05, 0.1) is 65.6 Å². The standard InChI is InChI=1S/C29H57NO14.C3H8O2/c1-2-3-4-5-6-9-20(10-7-8-12-41-14-16-43-17-15-42-13-11-31)29(40,26(38)21(34)18-32)28(39)30-27-25(37)24(36)23(35)22(19-33)44-27;1-3(5)2-4/h20-27,31-38,40H,2-19H2,1H3,(H,30,39);3-5H,2H2,1H3/t20?,21-,22-,23-,24+,25-,26-,27?,29-;/m1./s1. The molecule has 12 N–H and O–H groups in total. The van der Waals surface area contributed by atoms with Gasteiger partial charge in [0.1, 0.15) is 36.6 Å². The van der Waals surface area contributed by atoms with Crippen LogP contribution in [0.15, 0.2) is 0 Å². The summed E-state index contributed by atoms with van der Waals surface area (Å²) in [7, 11) is 0. The van der Waals surface area contributed by atoms with Gasteiger partial charge in [-0.2, -0.15) is 0 Å². The van der Waals surface area contributed by atoms with Crippen molar-refractivity contribution in [3.63, 3.8) is 0 Å². The molecule has 1 fully saturated rings. The second kappa shape index (κ2) is 28.5. The summed E-state index contributed by atoms with van der Waals surface area (Å²) in [6.07, 6.45) is -6.88. The zero-order valence-electron chi connectivity index (χ0n) is 29.1. The molecule has 0 spiro atoms. The third-order valence-corrected chi connectivity index (χ3v) is 8.15. The molecule has 1 heterocycles. The minimum atomic E-state index is -2.64. The molecule has 3 unspecified atom stereocenters. The van der Waals surface area contributed by atoms with Crippen molar-refractivity contribution in [2.75, 3.05) is 66.1 Å². The molecule has 1 aliphatic rings. The Labute approximate surface area is 289 Å². The fourth-order valence-corrected chi connectivity index (χ4v) is 5.20. The molecular formula is C32H65NO16. The van der Waals surface area contributed by atoms with Crippen molar-refractivity contribution in [1.82, 2.24) is 5.32 Å². The van der Waals surface area contributed by atoms with Crippen molar-refractivity contribution in [3.05, 3.63) is 0 Å². The lowest BCUT2D eigenvalue weighted by atomic mass is 9.74. The van der Waals surface area contributed by atoms with Crippen molar-refractivity contribution in [3.8, 4) is 0 Å². The fraction of sp³-hybridized carbons (Fsp3) is 0.969. The summed E-state index contributed by atoms with van der Waals surface area (Å²) in [6.45, 7) is 3.78. The second-order valence-corrected chi connectivity index (χ2v) is 12.2. The van der Waals surface area contributed by atoms with E-state index in [1.165, 1.54) is 6.92 Å². The summed E-state index contributed by atoms with van der Waals surface area (Å²) >= 11 is 0. The average Bonchev–Trinajstić information content (AvgIpc) is 3.10. The van der Waals surface area contributed by atoms with E-state index in [-0.39, 0.29) is 26.2 Å². The highest BCUT2D eigenvalue weighted by molar-refractivity contribution is 5.86. The van der Waals surface area contributed by atoms with Crippen LogP contribution < -0.4 is 5.32 Å².